The van der Waals surface area contributed by atoms with Gasteiger partial charge in [0.05, 0.1) is 20.3 Å². The van der Waals surface area contributed by atoms with Crippen LogP contribution in [0.5, 0.6) is 5.75 Å². The summed E-state index contributed by atoms with van der Waals surface area (Å²) in [5, 5.41) is 0. The van der Waals surface area contributed by atoms with Gasteiger partial charge in [0.25, 0.3) is 6.47 Å². The third kappa shape index (κ3) is 8.09. The van der Waals surface area contributed by atoms with Crippen LogP contribution in [0.25, 0.3) is 0 Å². The summed E-state index contributed by atoms with van der Waals surface area (Å²) in [4.78, 5) is 22.9. The fourth-order valence-corrected chi connectivity index (χ4v) is 2.90. The maximum atomic E-state index is 11.8. The molecule has 0 aliphatic carbocycles. The minimum absolute atomic E-state index is 0.281. The van der Waals surface area contributed by atoms with Crippen molar-refractivity contribution in [3.63, 3.8) is 0 Å². The van der Waals surface area contributed by atoms with Crippen molar-refractivity contribution in [3.05, 3.63) is 77.9 Å². The van der Waals surface area contributed by atoms with Crippen molar-refractivity contribution in [2.75, 3.05) is 13.7 Å². The molecule has 0 saturated carbocycles. The van der Waals surface area contributed by atoms with Crippen LogP contribution in [-0.4, -0.2) is 38.4 Å². The lowest BCUT2D eigenvalue weighted by atomic mass is 10.0. The van der Waals surface area contributed by atoms with Gasteiger partial charge >= 0.3 is 5.97 Å². The van der Waals surface area contributed by atoms with Gasteiger partial charge in [-0.15, -0.1) is 0 Å². The van der Waals surface area contributed by atoms with Gasteiger partial charge in [-0.05, 0) is 49.1 Å². The van der Waals surface area contributed by atoms with Crippen molar-refractivity contribution in [1.29, 1.82) is 0 Å². The maximum absolute atomic E-state index is 11.8. The van der Waals surface area contributed by atoms with Gasteiger partial charge in [0.1, 0.15) is 18.0 Å². The van der Waals surface area contributed by atoms with Crippen LogP contribution in [-0.2, 0) is 36.8 Å². The second-order valence-corrected chi connectivity index (χ2v) is 6.53. The molecule has 0 spiro atoms. The SMILES string of the molecule is CCOC(=O)/C=C/[C@@H](OCc1ccc(OC)cc1)[C@@H](CCc1ccccc1)OC=O. The van der Waals surface area contributed by atoms with E-state index in [1.54, 1.807) is 20.1 Å². The summed E-state index contributed by atoms with van der Waals surface area (Å²) in [6.07, 6.45) is 2.99. The van der Waals surface area contributed by atoms with Crippen molar-refractivity contribution in [3.8, 4) is 5.75 Å². The number of hydrogen-bond donors (Lipinski definition) is 0. The topological polar surface area (TPSA) is 71.1 Å². The number of rotatable bonds is 13. The number of methoxy groups -OCH3 is 1. The summed E-state index contributed by atoms with van der Waals surface area (Å²) in [7, 11) is 1.61. The third-order valence-electron chi connectivity index (χ3n) is 4.47. The molecule has 2 atom stereocenters. The van der Waals surface area contributed by atoms with Gasteiger partial charge in [-0.1, -0.05) is 42.5 Å². The van der Waals surface area contributed by atoms with E-state index in [1.807, 2.05) is 54.6 Å². The molecule has 2 aromatic carbocycles. The zero-order chi connectivity index (χ0) is 21.6. The Morgan fingerprint density at radius 3 is 2.40 bits per heavy atom. The van der Waals surface area contributed by atoms with Crippen LogP contribution in [0.1, 0.15) is 24.5 Å². The number of carbonyl (C=O) groups is 2. The predicted molar refractivity (Wildman–Crippen MR) is 113 cm³/mol. The first-order valence-corrected chi connectivity index (χ1v) is 9.88. The molecular weight excluding hydrogens is 384 g/mol. The minimum Gasteiger partial charge on any atom is -0.497 e. The zero-order valence-electron chi connectivity index (χ0n) is 17.4. The van der Waals surface area contributed by atoms with Gasteiger partial charge in [-0.3, -0.25) is 4.79 Å². The van der Waals surface area contributed by atoms with Crippen LogP contribution in [0.2, 0.25) is 0 Å². The van der Waals surface area contributed by atoms with Gasteiger partial charge in [-0.25, -0.2) is 4.79 Å². The van der Waals surface area contributed by atoms with E-state index >= 15 is 0 Å². The largest absolute Gasteiger partial charge is 0.497 e. The minimum atomic E-state index is -0.606. The van der Waals surface area contributed by atoms with E-state index in [9.17, 15) is 9.59 Å². The molecule has 0 fully saturated rings. The number of ether oxygens (including phenoxy) is 4. The molecule has 2 aromatic rings. The quantitative estimate of drug-likeness (QED) is 0.283. The third-order valence-corrected chi connectivity index (χ3v) is 4.47. The average molecular weight is 412 g/mol. The molecule has 160 valence electrons. The summed E-state index contributed by atoms with van der Waals surface area (Å²) in [6, 6.07) is 17.4. The molecule has 0 unspecified atom stereocenters. The highest BCUT2D eigenvalue weighted by Crippen LogP contribution is 2.17. The first-order chi connectivity index (χ1) is 14.7. The normalized spacial score (nSPS) is 12.9. The maximum Gasteiger partial charge on any atom is 0.330 e. The first-order valence-electron chi connectivity index (χ1n) is 9.88. The molecular formula is C24H28O6. The Bertz CT molecular complexity index is 785. The number of carbonyl (C=O) groups excluding carboxylic acids is 2. The van der Waals surface area contributed by atoms with Crippen LogP contribution >= 0.6 is 0 Å². The second-order valence-electron chi connectivity index (χ2n) is 6.53. The number of benzene rings is 2. The molecule has 0 aromatic heterocycles. The van der Waals surface area contributed by atoms with E-state index in [-0.39, 0.29) is 13.2 Å². The molecule has 0 bridgehead atoms. The smallest absolute Gasteiger partial charge is 0.330 e. The Balaban J connectivity index is 2.10. The number of aryl methyl sites for hydroxylation is 1. The Kier molecular flexibility index (Phi) is 10.2. The summed E-state index contributed by atoms with van der Waals surface area (Å²) < 4.78 is 21.4. The van der Waals surface area contributed by atoms with Crippen LogP contribution in [0.3, 0.4) is 0 Å². The second kappa shape index (κ2) is 13.2. The van der Waals surface area contributed by atoms with Gasteiger partial charge in [0, 0.05) is 6.08 Å². The molecule has 6 nitrogen and oxygen atoms in total. The molecule has 0 saturated heterocycles. The van der Waals surface area contributed by atoms with E-state index in [4.69, 9.17) is 18.9 Å². The van der Waals surface area contributed by atoms with Crippen molar-refractivity contribution in [1.82, 2.24) is 0 Å². The van der Waals surface area contributed by atoms with Crippen LogP contribution < -0.4 is 4.74 Å². The zero-order valence-corrected chi connectivity index (χ0v) is 17.4. The standard InChI is InChI=1S/C24H28O6/c1-3-28-24(26)16-15-22(29-17-20-9-12-21(27-2)13-10-20)23(30-18-25)14-11-19-7-5-4-6-8-19/h4-10,12-13,15-16,18,22-23H,3,11,14,17H2,1-2H3/b16-15+/t22-,23-/m1/s1. The Hall–Kier alpha value is -3.12. The fraction of sp³-hybridized carbons (Fsp3) is 0.333. The van der Waals surface area contributed by atoms with E-state index in [2.05, 4.69) is 0 Å². The van der Waals surface area contributed by atoms with Gasteiger partial charge in [0.2, 0.25) is 0 Å². The van der Waals surface area contributed by atoms with Crippen molar-refractivity contribution < 1.29 is 28.5 Å². The van der Waals surface area contributed by atoms with Crippen LogP contribution in [0.4, 0.5) is 0 Å². The molecule has 0 radical (unpaired) electrons. The lowest BCUT2D eigenvalue weighted by Gasteiger charge is -2.24. The van der Waals surface area contributed by atoms with E-state index in [1.165, 1.54) is 6.08 Å². The van der Waals surface area contributed by atoms with Crippen LogP contribution in [0.15, 0.2) is 66.7 Å². The predicted octanol–water partition coefficient (Wildman–Crippen LogP) is 3.87. The lowest BCUT2D eigenvalue weighted by Crippen LogP contribution is -2.31. The van der Waals surface area contributed by atoms with E-state index in [0.717, 1.165) is 16.9 Å². The molecule has 6 heteroatoms. The van der Waals surface area contributed by atoms with Crippen LogP contribution in [0, 0.1) is 0 Å². The highest BCUT2D eigenvalue weighted by Gasteiger charge is 2.22. The molecule has 0 N–H and O–H groups in total. The number of esters is 1. The summed E-state index contributed by atoms with van der Waals surface area (Å²) in [5.74, 6) is 0.283. The Morgan fingerprint density at radius 1 is 1.03 bits per heavy atom. The Morgan fingerprint density at radius 2 is 1.77 bits per heavy atom. The monoisotopic (exact) mass is 412 g/mol. The van der Waals surface area contributed by atoms with Gasteiger partial charge in [-0.2, -0.15) is 0 Å². The molecule has 0 aliphatic heterocycles. The lowest BCUT2D eigenvalue weighted by molar-refractivity contribution is -0.140. The summed E-state index contributed by atoms with van der Waals surface area (Å²) in [6.45, 7) is 2.72. The van der Waals surface area contributed by atoms with Crippen molar-refractivity contribution >= 4 is 12.4 Å². The molecule has 0 aliphatic rings. The van der Waals surface area contributed by atoms with Crippen molar-refractivity contribution in [2.24, 2.45) is 0 Å². The van der Waals surface area contributed by atoms with Crippen molar-refractivity contribution in [2.45, 2.75) is 38.6 Å². The highest BCUT2D eigenvalue weighted by atomic mass is 16.6. The fourth-order valence-electron chi connectivity index (χ4n) is 2.90. The van der Waals surface area contributed by atoms with E-state index < -0.39 is 18.2 Å². The average Bonchev–Trinajstić information content (AvgIpc) is 2.78. The first kappa shape index (κ1) is 23.2. The molecule has 2 rings (SSSR count). The molecule has 0 heterocycles. The molecule has 0 amide bonds. The molecule has 30 heavy (non-hydrogen) atoms. The van der Waals surface area contributed by atoms with Gasteiger partial charge < -0.3 is 18.9 Å². The summed E-state index contributed by atoms with van der Waals surface area (Å²) >= 11 is 0. The summed E-state index contributed by atoms with van der Waals surface area (Å²) in [5.41, 5.74) is 2.05. The van der Waals surface area contributed by atoms with Gasteiger partial charge in [0.15, 0.2) is 0 Å². The Labute approximate surface area is 177 Å². The van der Waals surface area contributed by atoms with E-state index in [0.29, 0.717) is 19.3 Å². The number of hydrogen-bond acceptors (Lipinski definition) is 6. The highest BCUT2D eigenvalue weighted by molar-refractivity contribution is 5.81.